The van der Waals surface area contributed by atoms with Crippen molar-refractivity contribution in [1.29, 1.82) is 0 Å². The Balaban J connectivity index is 0. The molecule has 98 valence electrons. The van der Waals surface area contributed by atoms with Crippen molar-refractivity contribution in [2.75, 3.05) is 74.5 Å². The van der Waals surface area contributed by atoms with Gasteiger partial charge in [0.1, 0.15) is 0 Å². The standard InChI is InChI=1S/C12H29N4.Li/c1-13(2)7-10-16(11-8-14(3)4)12-9-15(5)6;/h1,7-12H2,2-6H3;/q-1;+1. The van der Waals surface area contributed by atoms with Gasteiger partial charge in [-0.15, -0.1) is 0 Å². The molecule has 0 atom stereocenters. The van der Waals surface area contributed by atoms with Crippen LogP contribution in [-0.2, 0) is 0 Å². The van der Waals surface area contributed by atoms with Crippen molar-refractivity contribution in [2.45, 2.75) is 0 Å². The molecule has 0 aliphatic heterocycles. The van der Waals surface area contributed by atoms with Crippen LogP contribution in [0.4, 0.5) is 0 Å². The quantitative estimate of drug-likeness (QED) is 0.315. The number of likely N-dealkylation sites (N-methyl/N-ethyl adjacent to an activating group) is 3. The first kappa shape index (κ1) is 19.8. The number of hydrogen-bond acceptors (Lipinski definition) is 4. The summed E-state index contributed by atoms with van der Waals surface area (Å²) >= 11 is 0. The first-order valence-electron chi connectivity index (χ1n) is 5.95. The van der Waals surface area contributed by atoms with E-state index in [9.17, 15) is 0 Å². The Bertz CT molecular complexity index is 134. The first-order valence-corrected chi connectivity index (χ1v) is 5.95. The minimum atomic E-state index is 0. The van der Waals surface area contributed by atoms with Crippen molar-refractivity contribution in [3.63, 3.8) is 0 Å². The van der Waals surface area contributed by atoms with E-state index in [0.29, 0.717) is 0 Å². The average Bonchev–Trinajstić information content (AvgIpc) is 2.15. The summed E-state index contributed by atoms with van der Waals surface area (Å²) < 4.78 is 0. The first-order chi connectivity index (χ1) is 7.41. The zero-order chi connectivity index (χ0) is 12.6. The van der Waals surface area contributed by atoms with E-state index < -0.39 is 0 Å². The van der Waals surface area contributed by atoms with Crippen molar-refractivity contribution in [2.24, 2.45) is 0 Å². The summed E-state index contributed by atoms with van der Waals surface area (Å²) in [5.74, 6) is 0. The van der Waals surface area contributed by atoms with Crippen molar-refractivity contribution in [3.8, 4) is 0 Å². The molecule has 0 saturated carbocycles. The van der Waals surface area contributed by atoms with Gasteiger partial charge < -0.3 is 14.7 Å². The Morgan fingerprint density at radius 3 is 1.29 bits per heavy atom. The van der Waals surface area contributed by atoms with Crippen LogP contribution in [0.5, 0.6) is 0 Å². The van der Waals surface area contributed by atoms with Crippen LogP contribution in [-0.4, -0.2) is 94.1 Å². The summed E-state index contributed by atoms with van der Waals surface area (Å²) in [5.41, 5.74) is 0. The molecule has 0 radical (unpaired) electrons. The third kappa shape index (κ3) is 14.4. The van der Waals surface area contributed by atoms with E-state index in [-0.39, 0.29) is 18.9 Å². The third-order valence-corrected chi connectivity index (χ3v) is 2.52. The fourth-order valence-corrected chi connectivity index (χ4v) is 1.33. The zero-order valence-corrected chi connectivity index (χ0v) is 12.7. The third-order valence-electron chi connectivity index (χ3n) is 2.52. The van der Waals surface area contributed by atoms with Gasteiger partial charge in [0.25, 0.3) is 0 Å². The Morgan fingerprint density at radius 1 is 0.647 bits per heavy atom. The van der Waals surface area contributed by atoms with Gasteiger partial charge >= 0.3 is 18.9 Å². The molecule has 0 amide bonds. The van der Waals surface area contributed by atoms with Gasteiger partial charge in [0.15, 0.2) is 0 Å². The zero-order valence-electron chi connectivity index (χ0n) is 12.7. The largest absolute Gasteiger partial charge is 1.00 e. The van der Waals surface area contributed by atoms with Crippen LogP contribution < -0.4 is 18.9 Å². The van der Waals surface area contributed by atoms with Crippen molar-refractivity contribution in [3.05, 3.63) is 7.05 Å². The molecule has 0 aliphatic carbocycles. The van der Waals surface area contributed by atoms with E-state index in [2.05, 4.69) is 49.9 Å². The predicted octanol–water partition coefficient (Wildman–Crippen LogP) is -2.86. The maximum absolute atomic E-state index is 3.89. The number of hydrogen-bond donors (Lipinski definition) is 0. The van der Waals surface area contributed by atoms with E-state index in [1.165, 1.54) is 0 Å². The summed E-state index contributed by atoms with van der Waals surface area (Å²) in [6.07, 6.45) is 0. The van der Waals surface area contributed by atoms with Crippen molar-refractivity contribution < 1.29 is 18.9 Å². The molecule has 0 aliphatic rings. The molecule has 0 aromatic rings. The van der Waals surface area contributed by atoms with E-state index in [1.807, 2.05) is 11.9 Å². The molecule has 4 nitrogen and oxygen atoms in total. The SMILES string of the molecule is [CH2-]N(C)CCN(CCN(C)C)CCN(C)C.[Li+]. The molecule has 17 heavy (non-hydrogen) atoms. The summed E-state index contributed by atoms with van der Waals surface area (Å²) in [6, 6.07) is 0. The molecule has 0 bridgehead atoms. The average molecular weight is 236 g/mol. The van der Waals surface area contributed by atoms with Crippen LogP contribution in [0.15, 0.2) is 0 Å². The number of nitrogens with zero attached hydrogens (tertiary/aromatic N) is 4. The van der Waals surface area contributed by atoms with E-state index >= 15 is 0 Å². The van der Waals surface area contributed by atoms with Gasteiger partial charge in [-0.05, 0) is 41.8 Å². The predicted molar refractivity (Wildman–Crippen MR) is 71.5 cm³/mol. The van der Waals surface area contributed by atoms with Crippen LogP contribution in [0, 0.1) is 7.05 Å². The molecular weight excluding hydrogens is 207 g/mol. The maximum Gasteiger partial charge on any atom is 1.00 e. The smallest absolute Gasteiger partial charge is 0.461 e. The molecule has 0 saturated heterocycles. The minimum absolute atomic E-state index is 0. The molecular formula is C12H29LiN4. The van der Waals surface area contributed by atoms with Crippen LogP contribution in [0.25, 0.3) is 0 Å². The molecule has 0 fully saturated rings. The summed E-state index contributed by atoms with van der Waals surface area (Å²) in [5, 5.41) is 0. The van der Waals surface area contributed by atoms with Crippen LogP contribution in [0.1, 0.15) is 0 Å². The van der Waals surface area contributed by atoms with Crippen LogP contribution >= 0.6 is 0 Å². The Labute approximate surface area is 120 Å². The van der Waals surface area contributed by atoms with Gasteiger partial charge in [0.2, 0.25) is 0 Å². The van der Waals surface area contributed by atoms with Gasteiger partial charge in [0, 0.05) is 32.7 Å². The van der Waals surface area contributed by atoms with Gasteiger partial charge in [-0.25, -0.2) is 0 Å². The normalized spacial score (nSPS) is 11.6. The molecule has 0 rings (SSSR count). The Morgan fingerprint density at radius 2 is 1.00 bits per heavy atom. The van der Waals surface area contributed by atoms with Gasteiger partial charge in [-0.2, -0.15) is 0 Å². The second-order valence-electron chi connectivity index (χ2n) is 5.03. The van der Waals surface area contributed by atoms with E-state index in [1.54, 1.807) is 0 Å². The monoisotopic (exact) mass is 236 g/mol. The van der Waals surface area contributed by atoms with Crippen molar-refractivity contribution >= 4 is 0 Å². The summed E-state index contributed by atoms with van der Waals surface area (Å²) in [6.45, 7) is 6.63. The second kappa shape index (κ2) is 11.5. The number of rotatable bonds is 9. The van der Waals surface area contributed by atoms with Gasteiger partial charge in [0.05, 0.1) is 0 Å². The van der Waals surface area contributed by atoms with Gasteiger partial charge in [-0.1, -0.05) is 0 Å². The molecule has 0 spiro atoms. The summed E-state index contributed by atoms with van der Waals surface area (Å²) in [4.78, 5) is 8.97. The van der Waals surface area contributed by atoms with Crippen LogP contribution in [0.2, 0.25) is 0 Å². The Kier molecular flexibility index (Phi) is 13.4. The molecule has 5 heteroatoms. The maximum atomic E-state index is 3.89. The van der Waals surface area contributed by atoms with E-state index in [0.717, 1.165) is 39.3 Å². The fourth-order valence-electron chi connectivity index (χ4n) is 1.33. The minimum Gasteiger partial charge on any atom is -0.461 e. The summed E-state index contributed by atoms with van der Waals surface area (Å²) in [7, 11) is 14.4. The molecule has 0 N–H and O–H groups in total. The van der Waals surface area contributed by atoms with Crippen molar-refractivity contribution in [1.82, 2.24) is 19.6 Å². The van der Waals surface area contributed by atoms with E-state index in [4.69, 9.17) is 0 Å². The topological polar surface area (TPSA) is 13.0 Å². The van der Waals surface area contributed by atoms with Gasteiger partial charge in [-0.3, -0.25) is 11.9 Å². The molecule has 0 heterocycles. The molecule has 0 unspecified atom stereocenters. The van der Waals surface area contributed by atoms with Crippen LogP contribution in [0.3, 0.4) is 0 Å². The molecule has 0 aromatic carbocycles. The molecule has 0 aromatic heterocycles. The fraction of sp³-hybridized carbons (Fsp3) is 0.917. The Hall–Kier alpha value is 0.437. The second-order valence-corrected chi connectivity index (χ2v) is 5.03.